The maximum Gasteiger partial charge on any atom is 0.152 e. The normalized spacial score (nSPS) is 11.8. The minimum Gasteiger partial charge on any atom is -0.383 e. The van der Waals surface area contributed by atoms with Crippen molar-refractivity contribution in [3.8, 4) is 0 Å². The molecule has 0 saturated heterocycles. The van der Waals surface area contributed by atoms with Gasteiger partial charge in [0, 0.05) is 18.2 Å². The van der Waals surface area contributed by atoms with Gasteiger partial charge in [-0.05, 0) is 45.6 Å². The van der Waals surface area contributed by atoms with E-state index in [1.165, 1.54) is 11.9 Å². The predicted molar refractivity (Wildman–Crippen MR) is 105 cm³/mol. The number of benzene rings is 1. The molecule has 3 N–H and O–H groups in total. The third-order valence-corrected chi connectivity index (χ3v) is 3.99. The van der Waals surface area contributed by atoms with Crippen LogP contribution in [0.3, 0.4) is 0 Å². The summed E-state index contributed by atoms with van der Waals surface area (Å²) >= 11 is 0. The molecule has 0 aliphatic carbocycles. The molecule has 0 amide bonds. The average Bonchev–Trinajstić information content (AvgIpc) is 2.57. The van der Waals surface area contributed by atoms with Crippen LogP contribution in [-0.2, 0) is 12.8 Å². The van der Waals surface area contributed by atoms with Crippen LogP contribution in [-0.4, -0.2) is 22.6 Å². The Bertz CT molecular complexity index is 689. The van der Waals surface area contributed by atoms with Crippen LogP contribution in [0.4, 0.5) is 11.6 Å². The zero-order chi connectivity index (χ0) is 18.3. The van der Waals surface area contributed by atoms with Gasteiger partial charge in [-0.2, -0.15) is 0 Å². The second kappa shape index (κ2) is 8.62. The molecule has 0 fully saturated rings. The molecule has 1 heterocycles. The summed E-state index contributed by atoms with van der Waals surface area (Å²) in [5.41, 5.74) is 11.5. The van der Waals surface area contributed by atoms with E-state index in [1.54, 1.807) is 0 Å². The molecule has 5 nitrogen and oxygen atoms in total. The molecule has 0 atom stereocenters. The first kappa shape index (κ1) is 18.9. The van der Waals surface area contributed by atoms with Gasteiger partial charge in [-0.15, -0.1) is 0 Å². The van der Waals surface area contributed by atoms with E-state index in [1.807, 2.05) is 18.1 Å². The Hall–Kier alpha value is -2.40. The summed E-state index contributed by atoms with van der Waals surface area (Å²) in [4.78, 5) is 8.63. The molecule has 0 bridgehead atoms. The number of nitrogens with one attached hydrogen (secondary N) is 1. The summed E-state index contributed by atoms with van der Waals surface area (Å²) in [5.74, 6) is 1.36. The number of hydrogen-bond acceptors (Lipinski definition) is 5. The fourth-order valence-electron chi connectivity index (χ4n) is 2.78. The van der Waals surface area contributed by atoms with E-state index in [0.29, 0.717) is 12.2 Å². The maximum atomic E-state index is 6.12. The quantitative estimate of drug-likeness (QED) is 0.597. The van der Waals surface area contributed by atoms with Gasteiger partial charge in [-0.1, -0.05) is 42.5 Å². The first-order valence-electron chi connectivity index (χ1n) is 8.69. The molecule has 5 heteroatoms. The molecular weight excluding hydrogens is 310 g/mol. The summed E-state index contributed by atoms with van der Waals surface area (Å²) in [6.07, 6.45) is 8.62. The molecule has 0 radical (unpaired) electrons. The van der Waals surface area contributed by atoms with Gasteiger partial charge >= 0.3 is 0 Å². The fourth-order valence-corrected chi connectivity index (χ4v) is 2.78. The van der Waals surface area contributed by atoms with Gasteiger partial charge in [0.2, 0.25) is 0 Å². The topological polar surface area (TPSA) is 67.1 Å². The molecule has 1 aromatic carbocycles. The van der Waals surface area contributed by atoms with Gasteiger partial charge in [-0.3, -0.25) is 5.01 Å². The van der Waals surface area contributed by atoms with E-state index in [9.17, 15) is 0 Å². The van der Waals surface area contributed by atoms with Crippen LogP contribution < -0.4 is 16.2 Å². The third-order valence-electron chi connectivity index (χ3n) is 3.99. The van der Waals surface area contributed by atoms with Crippen LogP contribution in [0, 0.1) is 0 Å². The van der Waals surface area contributed by atoms with E-state index >= 15 is 0 Å². The molecule has 25 heavy (non-hydrogen) atoms. The molecule has 134 valence electrons. The van der Waals surface area contributed by atoms with Crippen molar-refractivity contribution in [2.75, 3.05) is 17.8 Å². The van der Waals surface area contributed by atoms with Crippen LogP contribution in [0.5, 0.6) is 0 Å². The highest BCUT2D eigenvalue weighted by molar-refractivity contribution is 5.57. The zero-order valence-electron chi connectivity index (χ0n) is 15.7. The van der Waals surface area contributed by atoms with Gasteiger partial charge in [0.05, 0.1) is 0 Å². The smallest absolute Gasteiger partial charge is 0.152 e. The second-order valence-corrected chi connectivity index (χ2v) is 6.99. The monoisotopic (exact) mass is 339 g/mol. The zero-order valence-corrected chi connectivity index (χ0v) is 15.7. The number of aryl methyl sites for hydroxylation is 1. The fraction of sp³-hybridized carbons (Fsp3) is 0.400. The van der Waals surface area contributed by atoms with Gasteiger partial charge in [0.15, 0.2) is 5.82 Å². The lowest BCUT2D eigenvalue weighted by molar-refractivity contribution is 0.456. The Kier molecular flexibility index (Phi) is 6.53. The number of nitrogens with two attached hydrogens (primary N) is 1. The minimum atomic E-state index is -0.124. The molecule has 0 aliphatic rings. The number of hydrogen-bond donors (Lipinski definition) is 2. The number of allylic oxidation sites excluding steroid dienone is 2. The summed E-state index contributed by atoms with van der Waals surface area (Å²) in [6.45, 7) is 6.38. The van der Waals surface area contributed by atoms with Crippen molar-refractivity contribution in [2.45, 2.75) is 45.6 Å². The van der Waals surface area contributed by atoms with Crippen molar-refractivity contribution in [3.63, 3.8) is 0 Å². The Labute approximate surface area is 151 Å². The van der Waals surface area contributed by atoms with Crippen LogP contribution in [0.15, 0.2) is 48.8 Å². The second-order valence-electron chi connectivity index (χ2n) is 6.99. The lowest BCUT2D eigenvalue weighted by Gasteiger charge is -2.36. The summed E-state index contributed by atoms with van der Waals surface area (Å²) < 4.78 is 0. The highest BCUT2D eigenvalue weighted by Crippen LogP contribution is 2.26. The van der Waals surface area contributed by atoms with E-state index in [4.69, 9.17) is 5.73 Å². The standard InChI is InChI=1S/C20H29N5/c1-20(2,3)25(22-4)19-17(18(21)23-15-24-19)14-10-6-9-13-16-11-7-5-8-12-16/h5-8,10-12,15,22H,9,13-14H2,1-4H3,(H2,21,23,24)/b10-6+. The first-order valence-corrected chi connectivity index (χ1v) is 8.69. The Morgan fingerprint density at radius 2 is 1.84 bits per heavy atom. The minimum absolute atomic E-state index is 0.124. The van der Waals surface area contributed by atoms with Crippen molar-refractivity contribution < 1.29 is 0 Å². The van der Waals surface area contributed by atoms with Gasteiger partial charge in [-0.25, -0.2) is 15.4 Å². The lowest BCUT2D eigenvalue weighted by Crippen LogP contribution is -2.50. The summed E-state index contributed by atoms with van der Waals surface area (Å²) in [7, 11) is 1.89. The SMILES string of the molecule is CNN(c1ncnc(N)c1C/C=C/CCc1ccccc1)C(C)(C)C. The number of hydrazine groups is 1. The molecule has 0 unspecified atom stereocenters. The lowest BCUT2D eigenvalue weighted by atomic mass is 10.1. The van der Waals surface area contributed by atoms with Crippen LogP contribution in [0.2, 0.25) is 0 Å². The highest BCUT2D eigenvalue weighted by Gasteiger charge is 2.24. The molecule has 0 saturated carbocycles. The number of anilines is 2. The predicted octanol–water partition coefficient (Wildman–Crippen LogP) is 3.53. The molecule has 2 aromatic rings. The first-order chi connectivity index (χ1) is 11.9. The third kappa shape index (κ3) is 5.29. The molecule has 1 aromatic heterocycles. The molecular formula is C20H29N5. The van der Waals surface area contributed by atoms with Gasteiger partial charge < -0.3 is 5.73 Å². The van der Waals surface area contributed by atoms with Crippen molar-refractivity contribution in [3.05, 3.63) is 59.9 Å². The largest absolute Gasteiger partial charge is 0.383 e. The number of nitrogens with zero attached hydrogens (tertiary/aromatic N) is 3. The molecule has 0 aliphatic heterocycles. The Morgan fingerprint density at radius 1 is 1.12 bits per heavy atom. The number of rotatable bonds is 7. The number of aromatic nitrogens is 2. The van der Waals surface area contributed by atoms with E-state index < -0.39 is 0 Å². The van der Waals surface area contributed by atoms with Crippen LogP contribution in [0.25, 0.3) is 0 Å². The van der Waals surface area contributed by atoms with Crippen molar-refractivity contribution >= 4 is 11.6 Å². The molecule has 2 rings (SSSR count). The van der Waals surface area contributed by atoms with Crippen molar-refractivity contribution in [2.24, 2.45) is 0 Å². The van der Waals surface area contributed by atoms with E-state index in [-0.39, 0.29) is 5.54 Å². The maximum absolute atomic E-state index is 6.12. The van der Waals surface area contributed by atoms with Crippen molar-refractivity contribution in [1.29, 1.82) is 0 Å². The molecule has 0 spiro atoms. The highest BCUT2D eigenvalue weighted by atomic mass is 15.5. The average molecular weight is 339 g/mol. The van der Waals surface area contributed by atoms with Crippen molar-refractivity contribution in [1.82, 2.24) is 15.4 Å². The Morgan fingerprint density at radius 3 is 2.48 bits per heavy atom. The van der Waals surface area contributed by atoms with Gasteiger partial charge in [0.25, 0.3) is 0 Å². The number of nitrogen functional groups attached to an aromatic ring is 1. The van der Waals surface area contributed by atoms with E-state index in [0.717, 1.165) is 24.2 Å². The summed E-state index contributed by atoms with van der Waals surface area (Å²) in [6, 6.07) is 10.5. The van der Waals surface area contributed by atoms with Gasteiger partial charge in [0.1, 0.15) is 12.1 Å². The van der Waals surface area contributed by atoms with Crippen LogP contribution >= 0.6 is 0 Å². The summed E-state index contributed by atoms with van der Waals surface area (Å²) in [5, 5.41) is 2.03. The Balaban J connectivity index is 2.07. The van der Waals surface area contributed by atoms with E-state index in [2.05, 4.69) is 72.6 Å². The van der Waals surface area contributed by atoms with Crippen LogP contribution in [0.1, 0.15) is 38.3 Å².